The SMILES string of the molecule is CCNN(CC)CCCCCCNNc1cccc2c1Cc1ccccc1-2. The van der Waals surface area contributed by atoms with Gasteiger partial charge in [0.2, 0.25) is 0 Å². The first-order valence-electron chi connectivity index (χ1n) is 10.5. The first-order chi connectivity index (χ1) is 13.3. The van der Waals surface area contributed by atoms with Crippen molar-refractivity contribution < 1.29 is 0 Å². The zero-order chi connectivity index (χ0) is 18.9. The predicted octanol–water partition coefficient (Wildman–Crippen LogP) is 4.58. The quantitative estimate of drug-likeness (QED) is 0.324. The Hall–Kier alpha value is -1.88. The molecule has 0 atom stereocenters. The van der Waals surface area contributed by atoms with Crippen LogP contribution in [0.4, 0.5) is 5.69 Å². The molecule has 0 heterocycles. The van der Waals surface area contributed by atoms with Gasteiger partial charge in [-0.05, 0) is 41.2 Å². The van der Waals surface area contributed by atoms with Gasteiger partial charge in [-0.15, -0.1) is 0 Å². The maximum absolute atomic E-state index is 3.45. The summed E-state index contributed by atoms with van der Waals surface area (Å²) in [6.07, 6.45) is 6.06. The highest BCUT2D eigenvalue weighted by molar-refractivity contribution is 5.81. The normalized spacial score (nSPS) is 12.3. The topological polar surface area (TPSA) is 39.3 Å². The molecular weight excluding hydrogens is 332 g/mol. The lowest BCUT2D eigenvalue weighted by Gasteiger charge is -2.20. The van der Waals surface area contributed by atoms with E-state index in [9.17, 15) is 0 Å². The zero-order valence-corrected chi connectivity index (χ0v) is 16.9. The third kappa shape index (κ3) is 5.32. The van der Waals surface area contributed by atoms with E-state index in [1.807, 2.05) is 0 Å². The Bertz CT molecular complexity index is 713. The molecule has 0 aromatic heterocycles. The van der Waals surface area contributed by atoms with Crippen molar-refractivity contribution in [1.82, 2.24) is 15.9 Å². The average molecular weight is 367 g/mol. The van der Waals surface area contributed by atoms with Crippen molar-refractivity contribution in [3.8, 4) is 11.1 Å². The van der Waals surface area contributed by atoms with Crippen molar-refractivity contribution in [2.45, 2.75) is 46.0 Å². The first kappa shape index (κ1) is 19.9. The molecule has 0 unspecified atom stereocenters. The van der Waals surface area contributed by atoms with Gasteiger partial charge < -0.3 is 5.43 Å². The van der Waals surface area contributed by atoms with Crippen LogP contribution in [0.3, 0.4) is 0 Å². The average Bonchev–Trinajstić information content (AvgIpc) is 3.08. The largest absolute Gasteiger partial charge is 0.321 e. The summed E-state index contributed by atoms with van der Waals surface area (Å²) >= 11 is 0. The van der Waals surface area contributed by atoms with Crippen LogP contribution in [0.5, 0.6) is 0 Å². The molecule has 0 radical (unpaired) electrons. The summed E-state index contributed by atoms with van der Waals surface area (Å²) in [4.78, 5) is 0. The molecule has 0 spiro atoms. The Balaban J connectivity index is 1.35. The molecule has 2 aromatic rings. The monoisotopic (exact) mass is 366 g/mol. The van der Waals surface area contributed by atoms with Gasteiger partial charge in [-0.1, -0.05) is 63.1 Å². The molecule has 0 fully saturated rings. The summed E-state index contributed by atoms with van der Waals surface area (Å²) in [6, 6.07) is 15.3. The zero-order valence-electron chi connectivity index (χ0n) is 16.9. The minimum Gasteiger partial charge on any atom is -0.321 e. The summed E-state index contributed by atoms with van der Waals surface area (Å²) < 4.78 is 0. The number of anilines is 1. The second-order valence-electron chi connectivity index (χ2n) is 7.22. The van der Waals surface area contributed by atoms with Gasteiger partial charge in [-0.2, -0.15) is 0 Å². The molecular formula is C23H34N4. The van der Waals surface area contributed by atoms with E-state index in [2.05, 4.69) is 77.6 Å². The standard InChI is InChI=1S/C23H34N4/c1-3-25-27(4-2)17-10-6-5-9-16-24-26-23-15-11-14-21-20-13-8-7-12-19(20)18-22(21)23/h7-8,11-15,24-26H,3-6,9-10,16-18H2,1-2H3. The molecule has 2 aromatic carbocycles. The second kappa shape index (κ2) is 10.5. The van der Waals surface area contributed by atoms with Crippen molar-refractivity contribution >= 4 is 5.69 Å². The van der Waals surface area contributed by atoms with Gasteiger partial charge in [0.1, 0.15) is 0 Å². The van der Waals surface area contributed by atoms with E-state index < -0.39 is 0 Å². The molecule has 0 bridgehead atoms. The smallest absolute Gasteiger partial charge is 0.0529 e. The number of hydrogen-bond donors (Lipinski definition) is 3. The number of unbranched alkanes of at least 4 members (excludes halogenated alkanes) is 3. The molecule has 27 heavy (non-hydrogen) atoms. The van der Waals surface area contributed by atoms with E-state index in [-0.39, 0.29) is 0 Å². The fourth-order valence-electron chi connectivity index (χ4n) is 3.87. The maximum atomic E-state index is 3.45. The molecule has 0 aliphatic heterocycles. The van der Waals surface area contributed by atoms with E-state index in [4.69, 9.17) is 0 Å². The molecule has 1 aliphatic rings. The Labute approximate surface area is 164 Å². The summed E-state index contributed by atoms with van der Waals surface area (Å²) in [5, 5.41) is 2.31. The van der Waals surface area contributed by atoms with E-state index in [1.54, 1.807) is 0 Å². The third-order valence-corrected chi connectivity index (χ3v) is 5.32. The van der Waals surface area contributed by atoms with Crippen LogP contribution in [-0.4, -0.2) is 31.2 Å². The number of benzene rings is 2. The van der Waals surface area contributed by atoms with Gasteiger partial charge in [0.25, 0.3) is 0 Å². The molecule has 0 saturated heterocycles. The Kier molecular flexibility index (Phi) is 7.69. The number of hydrogen-bond acceptors (Lipinski definition) is 4. The highest BCUT2D eigenvalue weighted by Gasteiger charge is 2.20. The van der Waals surface area contributed by atoms with Crippen molar-refractivity contribution in [1.29, 1.82) is 0 Å². The molecule has 3 N–H and O–H groups in total. The number of fused-ring (bicyclic) bond motifs is 3. The lowest BCUT2D eigenvalue weighted by molar-refractivity contribution is 0.198. The van der Waals surface area contributed by atoms with E-state index in [1.165, 1.54) is 53.6 Å². The molecule has 0 amide bonds. The molecule has 1 aliphatic carbocycles. The summed E-state index contributed by atoms with van der Waals surface area (Å²) in [5.41, 5.74) is 17.1. The second-order valence-corrected chi connectivity index (χ2v) is 7.22. The Morgan fingerprint density at radius 2 is 1.70 bits per heavy atom. The summed E-state index contributed by atoms with van der Waals surface area (Å²) in [7, 11) is 0. The van der Waals surface area contributed by atoms with Crippen molar-refractivity contribution in [2.75, 3.05) is 31.6 Å². The van der Waals surface area contributed by atoms with Crippen molar-refractivity contribution in [2.24, 2.45) is 0 Å². The van der Waals surface area contributed by atoms with Crippen LogP contribution in [0.1, 0.15) is 50.7 Å². The Morgan fingerprint density at radius 1 is 0.889 bits per heavy atom. The van der Waals surface area contributed by atoms with Crippen LogP contribution in [0.25, 0.3) is 11.1 Å². The fraction of sp³-hybridized carbons (Fsp3) is 0.478. The van der Waals surface area contributed by atoms with Gasteiger partial charge in [-0.3, -0.25) is 5.43 Å². The van der Waals surface area contributed by atoms with Crippen LogP contribution >= 0.6 is 0 Å². The van der Waals surface area contributed by atoms with Crippen molar-refractivity contribution in [3.63, 3.8) is 0 Å². The maximum Gasteiger partial charge on any atom is 0.0529 e. The van der Waals surface area contributed by atoms with Crippen LogP contribution in [0.15, 0.2) is 42.5 Å². The Morgan fingerprint density at radius 3 is 2.56 bits per heavy atom. The van der Waals surface area contributed by atoms with E-state index in [0.717, 1.165) is 32.6 Å². The van der Waals surface area contributed by atoms with Crippen LogP contribution in [0.2, 0.25) is 0 Å². The summed E-state index contributed by atoms with van der Waals surface area (Å²) in [5.74, 6) is 0. The number of hydrazine groups is 2. The molecule has 4 nitrogen and oxygen atoms in total. The molecule has 0 saturated carbocycles. The van der Waals surface area contributed by atoms with Gasteiger partial charge >= 0.3 is 0 Å². The first-order valence-corrected chi connectivity index (χ1v) is 10.5. The molecule has 4 heteroatoms. The molecule has 146 valence electrons. The van der Waals surface area contributed by atoms with Gasteiger partial charge in [-0.25, -0.2) is 10.4 Å². The lowest BCUT2D eigenvalue weighted by Crippen LogP contribution is -2.38. The number of nitrogens with one attached hydrogen (secondary N) is 3. The van der Waals surface area contributed by atoms with E-state index >= 15 is 0 Å². The molecule has 3 rings (SSSR count). The predicted molar refractivity (Wildman–Crippen MR) is 116 cm³/mol. The van der Waals surface area contributed by atoms with Crippen LogP contribution in [0, 0.1) is 0 Å². The van der Waals surface area contributed by atoms with Crippen molar-refractivity contribution in [3.05, 3.63) is 53.6 Å². The van der Waals surface area contributed by atoms with Crippen LogP contribution < -0.4 is 16.3 Å². The van der Waals surface area contributed by atoms with Gasteiger partial charge in [0.05, 0.1) is 5.69 Å². The lowest BCUT2D eigenvalue weighted by atomic mass is 10.1. The highest BCUT2D eigenvalue weighted by atomic mass is 15.5. The minimum absolute atomic E-state index is 1.00. The fourth-order valence-corrected chi connectivity index (χ4v) is 3.87. The summed E-state index contributed by atoms with van der Waals surface area (Å²) in [6.45, 7) is 8.59. The van der Waals surface area contributed by atoms with Gasteiger partial charge in [0, 0.05) is 32.6 Å². The number of nitrogens with zero attached hydrogens (tertiary/aromatic N) is 1. The third-order valence-electron chi connectivity index (χ3n) is 5.32. The van der Waals surface area contributed by atoms with Crippen LogP contribution in [-0.2, 0) is 6.42 Å². The van der Waals surface area contributed by atoms with Gasteiger partial charge in [0.15, 0.2) is 0 Å². The minimum atomic E-state index is 1.00. The van der Waals surface area contributed by atoms with E-state index in [0.29, 0.717) is 0 Å². The number of rotatable bonds is 12. The highest BCUT2D eigenvalue weighted by Crippen LogP contribution is 2.39.